The van der Waals surface area contributed by atoms with Crippen molar-refractivity contribution in [2.75, 3.05) is 5.75 Å². The zero-order valence-electron chi connectivity index (χ0n) is 13.7. The number of benzene rings is 1. The van der Waals surface area contributed by atoms with Crippen molar-refractivity contribution in [1.29, 1.82) is 0 Å². The number of hydrogen-bond donors (Lipinski definition) is 0. The van der Waals surface area contributed by atoms with E-state index in [1.54, 1.807) is 10.6 Å². The van der Waals surface area contributed by atoms with Crippen molar-refractivity contribution >= 4 is 28.6 Å². The number of thioether (sulfide) groups is 1. The minimum Gasteiger partial charge on any atom is -0.462 e. The molecule has 124 valence electrons. The van der Waals surface area contributed by atoms with Crippen LogP contribution >= 0.6 is 11.8 Å². The molecular weight excluding hydrogens is 312 g/mol. The average Bonchev–Trinajstić information content (AvgIpc) is 2.51. The highest BCUT2D eigenvalue weighted by Crippen LogP contribution is 2.18. The van der Waals surface area contributed by atoms with E-state index in [4.69, 9.17) is 4.74 Å². The van der Waals surface area contributed by atoms with E-state index >= 15 is 0 Å². The average molecular weight is 334 g/mol. The fourth-order valence-corrected chi connectivity index (χ4v) is 3.00. The maximum absolute atomic E-state index is 12.7. The number of aromatic nitrogens is 2. The molecule has 1 aromatic carbocycles. The quantitative estimate of drug-likeness (QED) is 0.442. The minimum absolute atomic E-state index is 0.0521. The Labute approximate surface area is 140 Å². The van der Waals surface area contributed by atoms with Gasteiger partial charge in [-0.1, -0.05) is 37.2 Å². The lowest BCUT2D eigenvalue weighted by molar-refractivity contribution is -0.144. The van der Waals surface area contributed by atoms with Gasteiger partial charge in [0.1, 0.15) is 0 Å². The second-order valence-corrected chi connectivity index (χ2v) is 6.49. The molecule has 2 aromatic rings. The topological polar surface area (TPSA) is 61.2 Å². The third-order valence-electron chi connectivity index (χ3n) is 3.25. The Balaban J connectivity index is 2.32. The molecule has 0 atom stereocenters. The summed E-state index contributed by atoms with van der Waals surface area (Å²) in [4.78, 5) is 29.0. The molecule has 6 heteroatoms. The summed E-state index contributed by atoms with van der Waals surface area (Å²) in [5, 5.41) is 1.18. The van der Waals surface area contributed by atoms with Crippen molar-refractivity contribution in [1.82, 2.24) is 9.55 Å². The molecule has 0 bridgehead atoms. The molecule has 0 aliphatic heterocycles. The van der Waals surface area contributed by atoms with Crippen LogP contribution in [0.15, 0.2) is 34.2 Å². The number of esters is 1. The van der Waals surface area contributed by atoms with Gasteiger partial charge in [0, 0.05) is 6.54 Å². The molecule has 5 nitrogen and oxygen atoms in total. The monoisotopic (exact) mass is 334 g/mol. The smallest absolute Gasteiger partial charge is 0.316 e. The van der Waals surface area contributed by atoms with Crippen LogP contribution < -0.4 is 5.56 Å². The first-order valence-electron chi connectivity index (χ1n) is 7.84. The fourth-order valence-electron chi connectivity index (χ4n) is 2.19. The van der Waals surface area contributed by atoms with E-state index < -0.39 is 0 Å². The highest BCUT2D eigenvalue weighted by molar-refractivity contribution is 7.99. The fraction of sp³-hybridized carbons (Fsp3) is 0.471. The number of hydrogen-bond acceptors (Lipinski definition) is 5. The van der Waals surface area contributed by atoms with Gasteiger partial charge in [-0.05, 0) is 32.4 Å². The Bertz CT molecular complexity index is 740. The Morgan fingerprint density at radius 3 is 2.78 bits per heavy atom. The summed E-state index contributed by atoms with van der Waals surface area (Å²) in [7, 11) is 0. The van der Waals surface area contributed by atoms with Crippen LogP contribution in [0.1, 0.15) is 33.6 Å². The van der Waals surface area contributed by atoms with E-state index in [0.717, 1.165) is 12.8 Å². The highest BCUT2D eigenvalue weighted by atomic mass is 32.2. The first kappa shape index (κ1) is 17.5. The molecule has 0 N–H and O–H groups in total. The number of nitrogens with zero attached hydrogens (tertiary/aromatic N) is 2. The molecule has 0 fully saturated rings. The van der Waals surface area contributed by atoms with E-state index in [1.165, 1.54) is 11.8 Å². The van der Waals surface area contributed by atoms with Gasteiger partial charge in [-0.25, -0.2) is 4.98 Å². The third-order valence-corrected chi connectivity index (χ3v) is 4.20. The second-order valence-electron chi connectivity index (χ2n) is 5.55. The van der Waals surface area contributed by atoms with Gasteiger partial charge in [-0.2, -0.15) is 0 Å². The van der Waals surface area contributed by atoms with Crippen molar-refractivity contribution < 1.29 is 9.53 Å². The molecule has 0 aliphatic carbocycles. The first-order valence-corrected chi connectivity index (χ1v) is 8.83. The van der Waals surface area contributed by atoms with Gasteiger partial charge in [-0.15, -0.1) is 0 Å². The van der Waals surface area contributed by atoms with E-state index in [0.29, 0.717) is 22.6 Å². The summed E-state index contributed by atoms with van der Waals surface area (Å²) < 4.78 is 6.80. The van der Waals surface area contributed by atoms with E-state index in [1.807, 2.05) is 32.0 Å². The zero-order chi connectivity index (χ0) is 16.8. The standard InChI is InChI=1S/C17H22N2O3S/c1-4-5-10-19-16(21)13-8-6-7-9-14(13)18-17(19)23-11-15(20)22-12(2)3/h6-9,12H,4-5,10-11H2,1-3H3. The van der Waals surface area contributed by atoms with Crippen molar-refractivity contribution in [2.24, 2.45) is 0 Å². The van der Waals surface area contributed by atoms with Gasteiger partial charge in [0.15, 0.2) is 5.16 Å². The summed E-state index contributed by atoms with van der Waals surface area (Å²) in [5.41, 5.74) is 0.605. The van der Waals surface area contributed by atoms with Crippen LogP contribution in [-0.4, -0.2) is 27.4 Å². The third kappa shape index (κ3) is 4.58. The molecule has 2 rings (SSSR count). The first-order chi connectivity index (χ1) is 11.0. The molecule has 0 amide bonds. The summed E-state index contributed by atoms with van der Waals surface area (Å²) in [5.74, 6) is -0.149. The van der Waals surface area contributed by atoms with E-state index in [-0.39, 0.29) is 23.4 Å². The predicted molar refractivity (Wildman–Crippen MR) is 92.9 cm³/mol. The largest absolute Gasteiger partial charge is 0.462 e. The highest BCUT2D eigenvalue weighted by Gasteiger charge is 2.14. The number of para-hydroxylation sites is 1. The van der Waals surface area contributed by atoms with Crippen molar-refractivity contribution in [3.63, 3.8) is 0 Å². The number of fused-ring (bicyclic) bond motifs is 1. The molecule has 0 spiro atoms. The van der Waals surface area contributed by atoms with Gasteiger partial charge in [-0.3, -0.25) is 14.2 Å². The Morgan fingerprint density at radius 1 is 1.35 bits per heavy atom. The number of carbonyl (C=O) groups excluding carboxylic acids is 1. The van der Waals surface area contributed by atoms with Crippen LogP contribution in [0.3, 0.4) is 0 Å². The van der Waals surface area contributed by atoms with Crippen molar-refractivity contribution in [2.45, 2.75) is 51.4 Å². The molecule has 0 unspecified atom stereocenters. The summed E-state index contributed by atoms with van der Waals surface area (Å²) >= 11 is 1.25. The molecule has 0 saturated heterocycles. The molecule has 23 heavy (non-hydrogen) atoms. The molecular formula is C17H22N2O3S. The molecule has 0 aliphatic rings. The number of rotatable bonds is 7. The summed E-state index contributed by atoms with van der Waals surface area (Å²) in [6.45, 7) is 6.31. The van der Waals surface area contributed by atoms with Crippen molar-refractivity contribution in [3.05, 3.63) is 34.6 Å². The van der Waals surface area contributed by atoms with Crippen LogP contribution in [0.25, 0.3) is 10.9 Å². The summed E-state index contributed by atoms with van der Waals surface area (Å²) in [6.07, 6.45) is 1.73. The molecule has 0 saturated carbocycles. The van der Waals surface area contributed by atoms with Gasteiger partial charge < -0.3 is 4.74 Å². The van der Waals surface area contributed by atoms with Crippen LogP contribution in [0.5, 0.6) is 0 Å². The van der Waals surface area contributed by atoms with Gasteiger partial charge in [0.2, 0.25) is 0 Å². The van der Waals surface area contributed by atoms with Crippen molar-refractivity contribution in [3.8, 4) is 0 Å². The number of unbranched alkanes of at least 4 members (excludes halogenated alkanes) is 1. The van der Waals surface area contributed by atoms with E-state index in [2.05, 4.69) is 11.9 Å². The lowest BCUT2D eigenvalue weighted by Gasteiger charge is -2.13. The Hall–Kier alpha value is -1.82. The molecule has 1 aromatic heterocycles. The number of carbonyl (C=O) groups is 1. The lowest BCUT2D eigenvalue weighted by atomic mass is 10.2. The van der Waals surface area contributed by atoms with Crippen LogP contribution in [-0.2, 0) is 16.1 Å². The van der Waals surface area contributed by atoms with Gasteiger partial charge >= 0.3 is 5.97 Å². The summed E-state index contributed by atoms with van der Waals surface area (Å²) in [6, 6.07) is 7.29. The predicted octanol–water partition coefficient (Wildman–Crippen LogP) is 3.24. The lowest BCUT2D eigenvalue weighted by Crippen LogP contribution is -2.24. The maximum atomic E-state index is 12.7. The van der Waals surface area contributed by atoms with Gasteiger partial charge in [0.05, 0.1) is 22.8 Å². The SMILES string of the molecule is CCCCn1c(SCC(=O)OC(C)C)nc2ccccc2c1=O. The van der Waals surface area contributed by atoms with E-state index in [9.17, 15) is 9.59 Å². The number of ether oxygens (including phenoxy) is 1. The van der Waals surface area contributed by atoms with Gasteiger partial charge in [0.25, 0.3) is 5.56 Å². The minimum atomic E-state index is -0.297. The Morgan fingerprint density at radius 2 is 2.09 bits per heavy atom. The second kappa shape index (κ2) is 8.15. The Kier molecular flexibility index (Phi) is 6.21. The molecule has 0 radical (unpaired) electrons. The molecule has 1 heterocycles. The van der Waals surface area contributed by atoms with Crippen LogP contribution in [0.4, 0.5) is 0 Å². The normalized spacial score (nSPS) is 11.1. The van der Waals surface area contributed by atoms with Crippen LogP contribution in [0.2, 0.25) is 0 Å². The zero-order valence-corrected chi connectivity index (χ0v) is 14.6. The maximum Gasteiger partial charge on any atom is 0.316 e. The van der Waals surface area contributed by atoms with Crippen LogP contribution in [0, 0.1) is 0 Å².